The third kappa shape index (κ3) is 1.37. The summed E-state index contributed by atoms with van der Waals surface area (Å²) < 4.78 is 4.99. The molecular weight excluding hydrogens is 168 g/mol. The first-order valence-corrected chi connectivity index (χ1v) is 4.53. The molecule has 0 saturated heterocycles. The number of fused-ring (bicyclic) bond motifs is 1. The lowest BCUT2D eigenvalue weighted by Gasteiger charge is -2.07. The van der Waals surface area contributed by atoms with Gasteiger partial charge in [-0.05, 0) is 25.7 Å². The van der Waals surface area contributed by atoms with Gasteiger partial charge in [-0.2, -0.15) is 0 Å². The lowest BCUT2D eigenvalue weighted by atomic mass is 9.95. The van der Waals surface area contributed by atoms with Crippen LogP contribution in [0.2, 0.25) is 0 Å². The van der Waals surface area contributed by atoms with Crippen molar-refractivity contribution in [1.82, 2.24) is 5.16 Å². The molecule has 0 atom stereocenters. The van der Waals surface area contributed by atoms with Crippen LogP contribution in [0.4, 0.5) is 0 Å². The van der Waals surface area contributed by atoms with Gasteiger partial charge in [0, 0.05) is 5.56 Å². The van der Waals surface area contributed by atoms with Gasteiger partial charge in [-0.25, -0.2) is 0 Å². The zero-order chi connectivity index (χ0) is 9.26. The number of rotatable bonds is 2. The van der Waals surface area contributed by atoms with Crippen molar-refractivity contribution in [2.45, 2.75) is 25.7 Å². The second-order valence-electron chi connectivity index (χ2n) is 3.27. The van der Waals surface area contributed by atoms with Crippen molar-refractivity contribution in [3.8, 4) is 0 Å². The predicted molar refractivity (Wildman–Crippen MR) is 46.5 cm³/mol. The van der Waals surface area contributed by atoms with E-state index in [2.05, 4.69) is 5.16 Å². The molecule has 1 aliphatic carbocycles. The van der Waals surface area contributed by atoms with Crippen molar-refractivity contribution >= 4 is 5.78 Å². The molecule has 2 rings (SSSR count). The molecule has 0 radical (unpaired) electrons. The average Bonchev–Trinajstić information content (AvgIpc) is 2.60. The molecular formula is C9H12N2O2. The van der Waals surface area contributed by atoms with Gasteiger partial charge in [-0.3, -0.25) is 4.79 Å². The predicted octanol–water partition coefficient (Wildman–Crippen LogP) is 0.695. The fourth-order valence-corrected chi connectivity index (χ4v) is 1.70. The van der Waals surface area contributed by atoms with E-state index in [1.807, 2.05) is 0 Å². The van der Waals surface area contributed by atoms with E-state index < -0.39 is 0 Å². The number of nitrogens with zero attached hydrogens (tertiary/aromatic N) is 1. The summed E-state index contributed by atoms with van der Waals surface area (Å²) in [5.41, 5.74) is 7.19. The van der Waals surface area contributed by atoms with Gasteiger partial charge < -0.3 is 10.3 Å². The first kappa shape index (κ1) is 8.44. The minimum atomic E-state index is -0.143. The van der Waals surface area contributed by atoms with Crippen LogP contribution in [0, 0.1) is 0 Å². The van der Waals surface area contributed by atoms with E-state index in [1.54, 1.807) is 0 Å². The summed E-state index contributed by atoms with van der Waals surface area (Å²) in [6.07, 6.45) is 4.07. The molecule has 0 saturated carbocycles. The molecule has 70 valence electrons. The molecule has 1 aromatic rings. The van der Waals surface area contributed by atoms with E-state index >= 15 is 0 Å². The monoisotopic (exact) mass is 180 g/mol. The molecule has 0 aromatic carbocycles. The molecule has 13 heavy (non-hydrogen) atoms. The number of hydrogen-bond donors (Lipinski definition) is 1. The first-order chi connectivity index (χ1) is 6.33. The Morgan fingerprint density at radius 3 is 3.00 bits per heavy atom. The number of aromatic nitrogens is 1. The Hall–Kier alpha value is -1.16. The Balaban J connectivity index is 2.36. The maximum absolute atomic E-state index is 11.3. The number of ketones is 1. The van der Waals surface area contributed by atoms with E-state index in [1.165, 1.54) is 0 Å². The van der Waals surface area contributed by atoms with Crippen LogP contribution < -0.4 is 5.73 Å². The van der Waals surface area contributed by atoms with E-state index in [0.29, 0.717) is 5.76 Å². The van der Waals surface area contributed by atoms with Crippen molar-refractivity contribution in [3.63, 3.8) is 0 Å². The van der Waals surface area contributed by atoms with Crippen LogP contribution in [0.25, 0.3) is 0 Å². The zero-order valence-electron chi connectivity index (χ0n) is 7.38. The Morgan fingerprint density at radius 2 is 2.23 bits per heavy atom. The number of aryl methyl sites for hydroxylation is 1. The SMILES string of the molecule is NCC(=O)c1onc2c1CCCC2. The van der Waals surface area contributed by atoms with Gasteiger partial charge in [0.1, 0.15) is 0 Å². The Morgan fingerprint density at radius 1 is 1.46 bits per heavy atom. The summed E-state index contributed by atoms with van der Waals surface area (Å²) in [6, 6.07) is 0. The fourth-order valence-electron chi connectivity index (χ4n) is 1.70. The van der Waals surface area contributed by atoms with Gasteiger partial charge in [0.15, 0.2) is 0 Å². The molecule has 2 N–H and O–H groups in total. The van der Waals surface area contributed by atoms with Gasteiger partial charge in [-0.1, -0.05) is 5.16 Å². The molecule has 1 aliphatic rings. The molecule has 0 spiro atoms. The van der Waals surface area contributed by atoms with Crippen molar-refractivity contribution in [3.05, 3.63) is 17.0 Å². The van der Waals surface area contributed by atoms with Crippen LogP contribution >= 0.6 is 0 Å². The number of nitrogens with two attached hydrogens (primary N) is 1. The summed E-state index contributed by atoms with van der Waals surface area (Å²) in [5.74, 6) is 0.243. The largest absolute Gasteiger partial charge is 0.352 e. The number of carbonyl (C=O) groups is 1. The third-order valence-corrected chi connectivity index (χ3v) is 2.40. The highest BCUT2D eigenvalue weighted by atomic mass is 16.5. The van der Waals surface area contributed by atoms with Gasteiger partial charge in [0.05, 0.1) is 12.2 Å². The minimum absolute atomic E-state index is 0.00162. The van der Waals surface area contributed by atoms with Crippen molar-refractivity contribution in [1.29, 1.82) is 0 Å². The Labute approximate surface area is 76.1 Å². The molecule has 1 aromatic heterocycles. The topological polar surface area (TPSA) is 69.1 Å². The van der Waals surface area contributed by atoms with Gasteiger partial charge in [-0.15, -0.1) is 0 Å². The van der Waals surface area contributed by atoms with Crippen LogP contribution in [0.1, 0.15) is 34.7 Å². The minimum Gasteiger partial charge on any atom is -0.352 e. The maximum Gasteiger partial charge on any atom is 0.214 e. The van der Waals surface area contributed by atoms with Gasteiger partial charge >= 0.3 is 0 Å². The van der Waals surface area contributed by atoms with Crippen molar-refractivity contribution in [2.75, 3.05) is 6.54 Å². The van der Waals surface area contributed by atoms with Crippen LogP contribution in [-0.2, 0) is 12.8 Å². The summed E-state index contributed by atoms with van der Waals surface area (Å²) in [4.78, 5) is 11.3. The van der Waals surface area contributed by atoms with Crippen LogP contribution in [0.3, 0.4) is 0 Å². The molecule has 0 aliphatic heterocycles. The fraction of sp³-hybridized carbons (Fsp3) is 0.556. The molecule has 0 fully saturated rings. The average molecular weight is 180 g/mol. The van der Waals surface area contributed by atoms with E-state index in [9.17, 15) is 4.79 Å². The quantitative estimate of drug-likeness (QED) is 0.680. The summed E-state index contributed by atoms with van der Waals surface area (Å²) in [6.45, 7) is 0.00162. The molecule has 0 amide bonds. The van der Waals surface area contributed by atoms with Gasteiger partial charge in [0.25, 0.3) is 0 Å². The van der Waals surface area contributed by atoms with Crippen molar-refractivity contribution in [2.24, 2.45) is 5.73 Å². The normalized spacial score (nSPS) is 15.5. The lowest BCUT2D eigenvalue weighted by Crippen LogP contribution is -2.15. The first-order valence-electron chi connectivity index (χ1n) is 4.53. The number of carbonyl (C=O) groups excluding carboxylic acids is 1. The number of hydrogen-bond acceptors (Lipinski definition) is 4. The molecule has 0 unspecified atom stereocenters. The second kappa shape index (κ2) is 3.30. The molecule has 0 bridgehead atoms. The summed E-state index contributed by atoms with van der Waals surface area (Å²) in [7, 11) is 0. The van der Waals surface area contributed by atoms with E-state index in [-0.39, 0.29) is 12.3 Å². The lowest BCUT2D eigenvalue weighted by molar-refractivity contribution is 0.0965. The van der Waals surface area contributed by atoms with E-state index in [4.69, 9.17) is 10.3 Å². The van der Waals surface area contributed by atoms with Gasteiger partial charge in [0.2, 0.25) is 11.5 Å². The highest BCUT2D eigenvalue weighted by Crippen LogP contribution is 2.23. The molecule has 4 nitrogen and oxygen atoms in total. The Bertz CT molecular complexity index is 330. The smallest absolute Gasteiger partial charge is 0.214 e. The van der Waals surface area contributed by atoms with Crippen LogP contribution in [-0.4, -0.2) is 17.5 Å². The molecule has 1 heterocycles. The Kier molecular flexibility index (Phi) is 2.14. The highest BCUT2D eigenvalue weighted by Gasteiger charge is 2.22. The van der Waals surface area contributed by atoms with Crippen LogP contribution in [0.15, 0.2) is 4.52 Å². The van der Waals surface area contributed by atoms with Crippen molar-refractivity contribution < 1.29 is 9.32 Å². The summed E-state index contributed by atoms with van der Waals surface area (Å²) >= 11 is 0. The second-order valence-corrected chi connectivity index (χ2v) is 3.27. The third-order valence-electron chi connectivity index (χ3n) is 2.40. The van der Waals surface area contributed by atoms with Crippen LogP contribution in [0.5, 0.6) is 0 Å². The molecule has 4 heteroatoms. The standard InChI is InChI=1S/C9H12N2O2/c10-5-8(12)9-6-3-1-2-4-7(6)11-13-9/h1-5,10H2. The maximum atomic E-state index is 11.3. The highest BCUT2D eigenvalue weighted by molar-refractivity contribution is 5.96. The van der Waals surface area contributed by atoms with E-state index in [0.717, 1.165) is 36.9 Å². The zero-order valence-corrected chi connectivity index (χ0v) is 7.38. The number of Topliss-reactive ketones (excluding diaryl/α,β-unsaturated/α-hetero) is 1. The summed E-state index contributed by atoms with van der Waals surface area (Å²) in [5, 5.41) is 3.87.